The number of rotatable bonds is 3. The summed E-state index contributed by atoms with van der Waals surface area (Å²) in [7, 11) is 0. The number of aromatic nitrogens is 2. The summed E-state index contributed by atoms with van der Waals surface area (Å²) in [6.07, 6.45) is 5.71. The second-order valence-corrected chi connectivity index (χ2v) is 4.57. The van der Waals surface area contributed by atoms with Crippen LogP contribution in [0.25, 0.3) is 0 Å². The third-order valence-corrected chi connectivity index (χ3v) is 2.84. The molecule has 1 saturated heterocycles. The predicted octanol–water partition coefficient (Wildman–Crippen LogP) is 1.34. The fourth-order valence-corrected chi connectivity index (χ4v) is 2.00. The van der Waals surface area contributed by atoms with Crippen molar-refractivity contribution in [2.24, 2.45) is 5.73 Å². The smallest absolute Gasteiger partial charge is 0.266 e. The first-order chi connectivity index (χ1) is 7.75. The highest BCUT2D eigenvalue weighted by atomic mass is 16.5. The van der Waals surface area contributed by atoms with Gasteiger partial charge in [0.05, 0.1) is 0 Å². The summed E-state index contributed by atoms with van der Waals surface area (Å²) >= 11 is 0. The van der Waals surface area contributed by atoms with Crippen molar-refractivity contribution in [1.29, 1.82) is 0 Å². The molecule has 0 bridgehead atoms. The lowest BCUT2D eigenvalue weighted by Crippen LogP contribution is -2.25. The lowest BCUT2D eigenvalue weighted by molar-refractivity contribution is 0.370. The van der Waals surface area contributed by atoms with Gasteiger partial charge in [0, 0.05) is 25.6 Å². The number of anilines is 1. The van der Waals surface area contributed by atoms with Gasteiger partial charge >= 0.3 is 0 Å². The van der Waals surface area contributed by atoms with E-state index >= 15 is 0 Å². The van der Waals surface area contributed by atoms with Crippen molar-refractivity contribution in [3.05, 3.63) is 5.89 Å². The Balaban J connectivity index is 1.99. The van der Waals surface area contributed by atoms with Gasteiger partial charge in [-0.1, -0.05) is 12.8 Å². The second-order valence-electron chi connectivity index (χ2n) is 4.57. The zero-order valence-corrected chi connectivity index (χ0v) is 9.85. The van der Waals surface area contributed by atoms with E-state index in [2.05, 4.69) is 15.0 Å². The number of hydrogen-bond donors (Lipinski definition) is 1. The van der Waals surface area contributed by atoms with E-state index in [1.54, 1.807) is 0 Å². The highest BCUT2D eigenvalue weighted by Gasteiger charge is 2.16. The average Bonchev–Trinajstić information content (AvgIpc) is 2.53. The van der Waals surface area contributed by atoms with Crippen LogP contribution in [0.15, 0.2) is 4.52 Å². The van der Waals surface area contributed by atoms with Gasteiger partial charge in [-0.2, -0.15) is 4.98 Å². The van der Waals surface area contributed by atoms with Crippen molar-refractivity contribution in [3.8, 4) is 0 Å². The number of nitrogens with two attached hydrogens (primary N) is 1. The van der Waals surface area contributed by atoms with Crippen molar-refractivity contribution < 1.29 is 4.52 Å². The normalized spacial score (nSPS) is 19.5. The summed E-state index contributed by atoms with van der Waals surface area (Å²) in [6.45, 7) is 4.02. The molecule has 0 radical (unpaired) electrons. The molecule has 1 unspecified atom stereocenters. The zero-order valence-electron chi connectivity index (χ0n) is 9.85. The van der Waals surface area contributed by atoms with E-state index in [1.165, 1.54) is 25.7 Å². The molecule has 0 spiro atoms. The van der Waals surface area contributed by atoms with E-state index in [0.29, 0.717) is 12.3 Å². The average molecular weight is 224 g/mol. The van der Waals surface area contributed by atoms with E-state index in [4.69, 9.17) is 10.3 Å². The minimum Gasteiger partial charge on any atom is -0.338 e. The van der Waals surface area contributed by atoms with Crippen LogP contribution in [0.3, 0.4) is 0 Å². The molecule has 1 aliphatic heterocycles. The Hall–Kier alpha value is -1.10. The van der Waals surface area contributed by atoms with Crippen LogP contribution in [0.1, 0.15) is 38.5 Å². The Morgan fingerprint density at radius 3 is 2.62 bits per heavy atom. The fourth-order valence-electron chi connectivity index (χ4n) is 2.00. The highest BCUT2D eigenvalue weighted by molar-refractivity contribution is 5.27. The van der Waals surface area contributed by atoms with Gasteiger partial charge in [0.25, 0.3) is 5.95 Å². The van der Waals surface area contributed by atoms with Crippen LogP contribution in [-0.4, -0.2) is 29.3 Å². The summed E-state index contributed by atoms with van der Waals surface area (Å²) in [5, 5.41) is 4.02. The Kier molecular flexibility index (Phi) is 3.77. The minimum absolute atomic E-state index is 0.0671. The monoisotopic (exact) mass is 224 g/mol. The highest BCUT2D eigenvalue weighted by Crippen LogP contribution is 2.16. The largest absolute Gasteiger partial charge is 0.338 e. The molecule has 5 nitrogen and oxygen atoms in total. The summed E-state index contributed by atoms with van der Waals surface area (Å²) in [6, 6.07) is 0.0671. The van der Waals surface area contributed by atoms with E-state index in [-0.39, 0.29) is 6.04 Å². The van der Waals surface area contributed by atoms with Gasteiger partial charge in [-0.15, -0.1) is 0 Å². The first kappa shape index (κ1) is 11.4. The van der Waals surface area contributed by atoms with Crippen LogP contribution in [0.4, 0.5) is 5.95 Å². The minimum atomic E-state index is 0.0671. The molecule has 2 N–H and O–H groups in total. The van der Waals surface area contributed by atoms with Crippen LogP contribution < -0.4 is 10.6 Å². The molecule has 0 saturated carbocycles. The number of nitrogens with zero attached hydrogens (tertiary/aromatic N) is 3. The van der Waals surface area contributed by atoms with Crippen molar-refractivity contribution in [1.82, 2.24) is 10.1 Å². The molecule has 1 atom stereocenters. The number of hydrogen-bond acceptors (Lipinski definition) is 5. The van der Waals surface area contributed by atoms with Gasteiger partial charge < -0.3 is 15.2 Å². The Labute approximate surface area is 96.0 Å². The topological polar surface area (TPSA) is 68.2 Å². The molecule has 5 heteroatoms. The lowest BCUT2D eigenvalue weighted by Gasteiger charge is -2.16. The molecule has 0 aliphatic carbocycles. The van der Waals surface area contributed by atoms with Crippen molar-refractivity contribution in [2.75, 3.05) is 18.0 Å². The third kappa shape index (κ3) is 2.95. The molecule has 2 heterocycles. The van der Waals surface area contributed by atoms with Gasteiger partial charge in [-0.3, -0.25) is 0 Å². The molecule has 1 fully saturated rings. The maximum absolute atomic E-state index is 5.70. The van der Waals surface area contributed by atoms with Crippen LogP contribution in [-0.2, 0) is 6.42 Å². The summed E-state index contributed by atoms with van der Waals surface area (Å²) in [5.74, 6) is 1.38. The van der Waals surface area contributed by atoms with Crippen LogP contribution in [0.5, 0.6) is 0 Å². The molecule has 1 aliphatic rings. The molecule has 16 heavy (non-hydrogen) atoms. The molecule has 1 aromatic heterocycles. The predicted molar refractivity (Wildman–Crippen MR) is 62.3 cm³/mol. The van der Waals surface area contributed by atoms with E-state index in [1.807, 2.05) is 6.92 Å². The summed E-state index contributed by atoms with van der Waals surface area (Å²) in [5.41, 5.74) is 5.70. The molecular formula is C11H20N4O. The van der Waals surface area contributed by atoms with E-state index in [0.717, 1.165) is 19.0 Å². The van der Waals surface area contributed by atoms with Gasteiger partial charge in [0.1, 0.15) is 0 Å². The van der Waals surface area contributed by atoms with Gasteiger partial charge in [-0.05, 0) is 24.9 Å². The first-order valence-corrected chi connectivity index (χ1v) is 6.09. The van der Waals surface area contributed by atoms with Crippen molar-refractivity contribution in [2.45, 2.75) is 45.1 Å². The molecular weight excluding hydrogens is 204 g/mol. The zero-order chi connectivity index (χ0) is 11.4. The maximum atomic E-state index is 5.70. The first-order valence-electron chi connectivity index (χ1n) is 6.09. The summed E-state index contributed by atoms with van der Waals surface area (Å²) in [4.78, 5) is 6.59. The molecule has 1 aromatic rings. The van der Waals surface area contributed by atoms with Gasteiger partial charge in [0.2, 0.25) is 5.89 Å². The molecule has 2 rings (SSSR count). The lowest BCUT2D eigenvalue weighted by atomic mass is 10.2. The van der Waals surface area contributed by atoms with Gasteiger partial charge in [-0.25, -0.2) is 0 Å². The summed E-state index contributed by atoms with van der Waals surface area (Å²) < 4.78 is 5.19. The van der Waals surface area contributed by atoms with Crippen molar-refractivity contribution >= 4 is 5.95 Å². The molecule has 0 amide bonds. The molecule has 90 valence electrons. The Morgan fingerprint density at radius 1 is 1.31 bits per heavy atom. The van der Waals surface area contributed by atoms with Gasteiger partial charge in [0.15, 0.2) is 0 Å². The molecule has 0 aromatic carbocycles. The standard InChI is InChI=1S/C11H20N4O/c1-9(12)8-10-13-11(14-16-10)15-6-4-2-3-5-7-15/h9H,2-8,12H2,1H3. The quantitative estimate of drug-likeness (QED) is 0.839. The Morgan fingerprint density at radius 2 is 2.00 bits per heavy atom. The fraction of sp³-hybridized carbons (Fsp3) is 0.818. The SMILES string of the molecule is CC(N)Cc1nc(N2CCCCCC2)no1. The van der Waals surface area contributed by atoms with Crippen molar-refractivity contribution in [3.63, 3.8) is 0 Å². The second kappa shape index (κ2) is 5.30. The van der Waals surface area contributed by atoms with E-state index in [9.17, 15) is 0 Å². The van der Waals surface area contributed by atoms with Crippen LogP contribution in [0, 0.1) is 0 Å². The maximum Gasteiger partial charge on any atom is 0.266 e. The Bertz CT molecular complexity index is 316. The van der Waals surface area contributed by atoms with E-state index < -0.39 is 0 Å². The van der Waals surface area contributed by atoms with Crippen LogP contribution >= 0.6 is 0 Å². The third-order valence-electron chi connectivity index (χ3n) is 2.84. The van der Waals surface area contributed by atoms with Crippen LogP contribution in [0.2, 0.25) is 0 Å².